The van der Waals surface area contributed by atoms with Crippen molar-refractivity contribution in [2.24, 2.45) is 0 Å². The molecule has 1 rings (SSSR count). The van der Waals surface area contributed by atoms with Crippen LogP contribution in [0.1, 0.15) is 24.0 Å². The lowest BCUT2D eigenvalue weighted by Crippen LogP contribution is -2.26. The molecule has 0 aliphatic heterocycles. The zero-order valence-corrected chi connectivity index (χ0v) is 17.2. The zero-order valence-electron chi connectivity index (χ0n) is 17.2. The summed E-state index contributed by atoms with van der Waals surface area (Å²) < 4.78 is 9.83. The molecule has 1 aromatic carbocycles. The van der Waals surface area contributed by atoms with Crippen LogP contribution in [-0.4, -0.2) is 52.3 Å². The van der Waals surface area contributed by atoms with Crippen LogP contribution in [-0.2, 0) is 19.1 Å². The molecule has 0 aliphatic carbocycles. The average molecular weight is 410 g/mol. The highest BCUT2D eigenvalue weighted by Crippen LogP contribution is 2.13. The lowest BCUT2D eigenvalue weighted by Gasteiger charge is -2.05. The Morgan fingerprint density at radius 2 is 1.33 bits per heavy atom. The van der Waals surface area contributed by atoms with Gasteiger partial charge in [0.25, 0.3) is 11.8 Å². The number of carbonyl (C=O) groups is 2. The Kier molecular flexibility index (Phi) is 11.9. The van der Waals surface area contributed by atoms with E-state index in [1.54, 1.807) is 38.5 Å². The predicted molar refractivity (Wildman–Crippen MR) is 113 cm³/mol. The molecule has 0 unspecified atom stereocenters. The number of methoxy groups -OCH3 is 2. The molecule has 0 spiro atoms. The Hall–Kier alpha value is -3.46. The number of benzene rings is 1. The van der Waals surface area contributed by atoms with E-state index in [1.165, 1.54) is 12.2 Å². The smallest absolute Gasteiger partial charge is 0.261 e. The summed E-state index contributed by atoms with van der Waals surface area (Å²) in [5.41, 5.74) is 1.13. The fraction of sp³-hybridized carbons (Fsp3) is 0.364. The van der Waals surface area contributed by atoms with Crippen molar-refractivity contribution in [1.82, 2.24) is 10.6 Å². The molecule has 158 valence electrons. The molecule has 2 amide bonds. The number of nitriles is 2. The molecule has 0 radical (unpaired) electrons. The third-order valence-electron chi connectivity index (χ3n) is 3.88. The number of nitrogens with zero attached hydrogens (tertiary/aromatic N) is 2. The van der Waals surface area contributed by atoms with E-state index >= 15 is 0 Å². The summed E-state index contributed by atoms with van der Waals surface area (Å²) >= 11 is 0. The lowest BCUT2D eigenvalue weighted by molar-refractivity contribution is -0.117. The number of nitrogens with one attached hydrogen (secondary N) is 2. The van der Waals surface area contributed by atoms with E-state index in [0.29, 0.717) is 50.3 Å². The first-order chi connectivity index (χ1) is 14.5. The topological polar surface area (TPSA) is 124 Å². The first-order valence-electron chi connectivity index (χ1n) is 9.43. The zero-order chi connectivity index (χ0) is 22.2. The summed E-state index contributed by atoms with van der Waals surface area (Å²) in [6, 6.07) is 10.6. The van der Waals surface area contributed by atoms with Gasteiger partial charge in [0.1, 0.15) is 23.3 Å². The minimum Gasteiger partial charge on any atom is -0.385 e. The SMILES string of the molecule is COCCCNC(=O)/C(C#N)=C/c1cccc(/C=C(\C#N)C(=O)NCCCOC)c1. The quantitative estimate of drug-likeness (QED) is 0.308. The summed E-state index contributed by atoms with van der Waals surface area (Å²) in [6.45, 7) is 1.84. The molecule has 0 fully saturated rings. The van der Waals surface area contributed by atoms with Crippen molar-refractivity contribution in [2.75, 3.05) is 40.5 Å². The van der Waals surface area contributed by atoms with Gasteiger partial charge in [-0.3, -0.25) is 9.59 Å². The van der Waals surface area contributed by atoms with Crippen LogP contribution in [0.2, 0.25) is 0 Å². The Morgan fingerprint density at radius 1 is 0.900 bits per heavy atom. The third-order valence-corrected chi connectivity index (χ3v) is 3.88. The molecule has 8 nitrogen and oxygen atoms in total. The third kappa shape index (κ3) is 9.16. The van der Waals surface area contributed by atoms with Gasteiger partial charge in [0, 0.05) is 40.5 Å². The van der Waals surface area contributed by atoms with Gasteiger partial charge in [-0.25, -0.2) is 0 Å². The van der Waals surface area contributed by atoms with Crippen molar-refractivity contribution in [3.63, 3.8) is 0 Å². The van der Waals surface area contributed by atoms with Crippen molar-refractivity contribution >= 4 is 24.0 Å². The molecule has 8 heteroatoms. The summed E-state index contributed by atoms with van der Waals surface area (Å²) in [5, 5.41) is 23.9. The fourth-order valence-corrected chi connectivity index (χ4v) is 2.40. The number of carbonyl (C=O) groups excluding carboxylic acids is 2. The minimum atomic E-state index is -0.470. The normalized spacial score (nSPS) is 11.3. The predicted octanol–water partition coefficient (Wildman–Crippen LogP) is 1.81. The van der Waals surface area contributed by atoms with Crippen LogP contribution >= 0.6 is 0 Å². The molecule has 30 heavy (non-hydrogen) atoms. The first-order valence-corrected chi connectivity index (χ1v) is 9.43. The maximum absolute atomic E-state index is 12.1. The molecule has 0 atom stereocenters. The second kappa shape index (κ2) is 14.5. The van der Waals surface area contributed by atoms with Crippen LogP contribution in [0.4, 0.5) is 0 Å². The highest BCUT2D eigenvalue weighted by molar-refractivity contribution is 6.02. The van der Waals surface area contributed by atoms with Crippen molar-refractivity contribution in [3.05, 3.63) is 46.5 Å². The maximum Gasteiger partial charge on any atom is 0.261 e. The molecule has 2 N–H and O–H groups in total. The van der Waals surface area contributed by atoms with Crippen LogP contribution < -0.4 is 10.6 Å². The molecular formula is C22H26N4O4. The fourth-order valence-electron chi connectivity index (χ4n) is 2.40. The van der Waals surface area contributed by atoms with Crippen LogP contribution in [0.25, 0.3) is 12.2 Å². The first kappa shape index (κ1) is 24.6. The molecule has 0 aliphatic rings. The molecule has 0 aromatic heterocycles. The minimum absolute atomic E-state index is 0.0371. The highest BCUT2D eigenvalue weighted by Gasteiger charge is 2.10. The van der Waals surface area contributed by atoms with Gasteiger partial charge in [0.15, 0.2) is 0 Å². The van der Waals surface area contributed by atoms with Gasteiger partial charge < -0.3 is 20.1 Å². The second-order valence-electron chi connectivity index (χ2n) is 6.21. The number of rotatable bonds is 12. The van der Waals surface area contributed by atoms with Crippen LogP contribution in [0.5, 0.6) is 0 Å². The van der Waals surface area contributed by atoms with Crippen molar-refractivity contribution in [3.8, 4) is 12.1 Å². The van der Waals surface area contributed by atoms with Gasteiger partial charge >= 0.3 is 0 Å². The Balaban J connectivity index is 2.89. The van der Waals surface area contributed by atoms with E-state index in [9.17, 15) is 20.1 Å². The monoisotopic (exact) mass is 410 g/mol. The Bertz CT molecular complexity index is 795. The van der Waals surface area contributed by atoms with E-state index in [0.717, 1.165) is 0 Å². The van der Waals surface area contributed by atoms with Crippen LogP contribution in [0.15, 0.2) is 35.4 Å². The Morgan fingerprint density at radius 3 is 1.70 bits per heavy atom. The van der Waals surface area contributed by atoms with E-state index in [1.807, 2.05) is 12.1 Å². The number of hydrogen-bond donors (Lipinski definition) is 2. The molecule has 1 aromatic rings. The van der Waals surface area contributed by atoms with Gasteiger partial charge in [-0.2, -0.15) is 10.5 Å². The van der Waals surface area contributed by atoms with Gasteiger partial charge in [-0.1, -0.05) is 18.2 Å². The summed E-state index contributed by atoms with van der Waals surface area (Å²) in [7, 11) is 3.15. The number of amides is 2. The molecular weight excluding hydrogens is 384 g/mol. The summed E-state index contributed by atoms with van der Waals surface area (Å²) in [5.74, 6) is -0.939. The highest BCUT2D eigenvalue weighted by atomic mass is 16.5. The van der Waals surface area contributed by atoms with Crippen molar-refractivity contribution in [1.29, 1.82) is 10.5 Å². The van der Waals surface area contributed by atoms with Crippen LogP contribution in [0, 0.1) is 22.7 Å². The maximum atomic E-state index is 12.1. The lowest BCUT2D eigenvalue weighted by atomic mass is 10.1. The number of ether oxygens (including phenoxy) is 2. The molecule has 0 heterocycles. The van der Waals surface area contributed by atoms with E-state index < -0.39 is 11.8 Å². The average Bonchev–Trinajstić information content (AvgIpc) is 2.76. The van der Waals surface area contributed by atoms with Gasteiger partial charge in [-0.05, 0) is 42.2 Å². The summed E-state index contributed by atoms with van der Waals surface area (Å²) in [6.07, 6.45) is 4.21. The molecule has 0 saturated carbocycles. The van der Waals surface area contributed by atoms with E-state index in [2.05, 4.69) is 10.6 Å². The Labute approximate surface area is 176 Å². The van der Waals surface area contributed by atoms with E-state index in [-0.39, 0.29) is 11.1 Å². The van der Waals surface area contributed by atoms with Crippen LogP contribution in [0.3, 0.4) is 0 Å². The standard InChI is InChI=1S/C22H26N4O4/c1-29-10-4-8-25-21(27)19(15-23)13-17-6-3-7-18(12-17)14-20(16-24)22(28)26-9-5-11-30-2/h3,6-7,12-14H,4-5,8-11H2,1-2H3,(H,25,27)(H,26,28)/b19-13+,20-14+. The number of hydrogen-bond acceptors (Lipinski definition) is 6. The summed E-state index contributed by atoms with van der Waals surface area (Å²) in [4.78, 5) is 24.3. The second-order valence-corrected chi connectivity index (χ2v) is 6.21. The molecule has 0 bridgehead atoms. The van der Waals surface area contributed by atoms with E-state index in [4.69, 9.17) is 9.47 Å². The van der Waals surface area contributed by atoms with Gasteiger partial charge in [-0.15, -0.1) is 0 Å². The van der Waals surface area contributed by atoms with Crippen molar-refractivity contribution < 1.29 is 19.1 Å². The van der Waals surface area contributed by atoms with Crippen molar-refractivity contribution in [2.45, 2.75) is 12.8 Å². The molecule has 0 saturated heterocycles. The van der Waals surface area contributed by atoms with Gasteiger partial charge in [0.2, 0.25) is 0 Å². The largest absolute Gasteiger partial charge is 0.385 e. The van der Waals surface area contributed by atoms with Gasteiger partial charge in [0.05, 0.1) is 0 Å².